The van der Waals surface area contributed by atoms with Gasteiger partial charge in [-0.15, -0.1) is 10.2 Å². The molecule has 0 amide bonds. The van der Waals surface area contributed by atoms with Crippen LogP contribution in [0.2, 0.25) is 0 Å². The number of rotatable bonds is 5. The standard InChI is InChI=1S/C21H17F2N5O2/c1-29-20-8-17(23)14(9-25-20)15-10-24-19(28-11-26-27-21(15)28)5-2-12-13-6-7-30-18(13)4-3-16(12)22/h3-4,8-11H,2,5-7H2,1H3. The maximum absolute atomic E-state index is 14.5. The van der Waals surface area contributed by atoms with Crippen molar-refractivity contribution in [1.29, 1.82) is 0 Å². The van der Waals surface area contributed by atoms with Crippen LogP contribution in [0.4, 0.5) is 8.78 Å². The van der Waals surface area contributed by atoms with E-state index in [1.165, 1.54) is 31.8 Å². The van der Waals surface area contributed by atoms with E-state index in [1.807, 2.05) is 0 Å². The zero-order valence-electron chi connectivity index (χ0n) is 16.1. The molecule has 0 radical (unpaired) electrons. The molecule has 0 spiro atoms. The zero-order valence-corrected chi connectivity index (χ0v) is 16.1. The van der Waals surface area contributed by atoms with Gasteiger partial charge < -0.3 is 9.47 Å². The van der Waals surface area contributed by atoms with Gasteiger partial charge in [0.1, 0.15) is 29.5 Å². The number of ether oxygens (including phenoxy) is 2. The first-order valence-corrected chi connectivity index (χ1v) is 9.46. The first kappa shape index (κ1) is 18.4. The summed E-state index contributed by atoms with van der Waals surface area (Å²) in [6.07, 6.45) is 6.05. The maximum atomic E-state index is 14.5. The van der Waals surface area contributed by atoms with Crippen LogP contribution in [0.3, 0.4) is 0 Å². The Morgan fingerprint density at radius 3 is 2.80 bits per heavy atom. The van der Waals surface area contributed by atoms with Crippen molar-refractivity contribution in [1.82, 2.24) is 24.6 Å². The van der Waals surface area contributed by atoms with E-state index < -0.39 is 5.82 Å². The molecule has 0 saturated heterocycles. The smallest absolute Gasteiger partial charge is 0.215 e. The predicted molar refractivity (Wildman–Crippen MR) is 104 cm³/mol. The largest absolute Gasteiger partial charge is 0.493 e. The van der Waals surface area contributed by atoms with Gasteiger partial charge in [0.15, 0.2) is 5.65 Å². The molecule has 0 unspecified atom stereocenters. The number of halogens is 2. The number of hydrogen-bond acceptors (Lipinski definition) is 6. The third-order valence-corrected chi connectivity index (χ3v) is 5.28. The van der Waals surface area contributed by atoms with Crippen molar-refractivity contribution in [2.45, 2.75) is 19.3 Å². The van der Waals surface area contributed by atoms with Crippen LogP contribution in [0, 0.1) is 11.6 Å². The lowest BCUT2D eigenvalue weighted by Gasteiger charge is -2.11. The van der Waals surface area contributed by atoms with Gasteiger partial charge in [-0.05, 0) is 24.1 Å². The number of aromatic nitrogens is 5. The average molecular weight is 409 g/mol. The van der Waals surface area contributed by atoms with E-state index in [4.69, 9.17) is 9.47 Å². The molecule has 30 heavy (non-hydrogen) atoms. The van der Waals surface area contributed by atoms with Crippen LogP contribution in [0.5, 0.6) is 11.6 Å². The Bertz CT molecular complexity index is 1260. The highest BCUT2D eigenvalue weighted by Gasteiger charge is 2.21. The fourth-order valence-electron chi connectivity index (χ4n) is 3.79. The summed E-state index contributed by atoms with van der Waals surface area (Å²) in [5, 5.41) is 8.08. The summed E-state index contributed by atoms with van der Waals surface area (Å²) in [4.78, 5) is 8.55. The second-order valence-electron chi connectivity index (χ2n) is 6.92. The first-order valence-electron chi connectivity index (χ1n) is 9.46. The quantitative estimate of drug-likeness (QED) is 0.504. The van der Waals surface area contributed by atoms with Gasteiger partial charge >= 0.3 is 0 Å². The highest BCUT2D eigenvalue weighted by molar-refractivity contribution is 5.76. The monoisotopic (exact) mass is 409 g/mol. The van der Waals surface area contributed by atoms with Crippen LogP contribution >= 0.6 is 0 Å². The van der Waals surface area contributed by atoms with Crippen molar-refractivity contribution in [2.24, 2.45) is 0 Å². The topological polar surface area (TPSA) is 74.4 Å². The molecule has 152 valence electrons. The Morgan fingerprint density at radius 1 is 1.10 bits per heavy atom. The van der Waals surface area contributed by atoms with E-state index in [9.17, 15) is 8.78 Å². The van der Waals surface area contributed by atoms with E-state index in [2.05, 4.69) is 20.2 Å². The molecular formula is C21H17F2N5O2. The molecule has 9 heteroatoms. The van der Waals surface area contributed by atoms with Crippen LogP contribution in [0.15, 0.2) is 36.9 Å². The van der Waals surface area contributed by atoms with Crippen LogP contribution in [0.1, 0.15) is 17.0 Å². The Labute approximate surface area is 170 Å². The maximum Gasteiger partial charge on any atom is 0.215 e. The third-order valence-electron chi connectivity index (χ3n) is 5.28. The summed E-state index contributed by atoms with van der Waals surface area (Å²) >= 11 is 0. The third kappa shape index (κ3) is 3.02. The lowest BCUT2D eigenvalue weighted by Crippen LogP contribution is -2.06. The number of fused-ring (bicyclic) bond motifs is 2. The molecule has 1 aromatic carbocycles. The molecule has 5 rings (SSSR count). The van der Waals surface area contributed by atoms with Crippen molar-refractivity contribution >= 4 is 5.65 Å². The predicted octanol–water partition coefficient (Wildman–Crippen LogP) is 3.19. The molecule has 1 aliphatic heterocycles. The lowest BCUT2D eigenvalue weighted by atomic mass is 10.00. The second-order valence-corrected chi connectivity index (χ2v) is 6.92. The fourth-order valence-corrected chi connectivity index (χ4v) is 3.79. The Kier molecular flexibility index (Phi) is 4.50. The van der Waals surface area contributed by atoms with Gasteiger partial charge in [-0.1, -0.05) is 0 Å². The van der Waals surface area contributed by atoms with E-state index in [1.54, 1.807) is 16.7 Å². The number of methoxy groups -OCH3 is 1. The van der Waals surface area contributed by atoms with Crippen LogP contribution in [-0.2, 0) is 19.3 Å². The summed E-state index contributed by atoms with van der Waals surface area (Å²) < 4.78 is 41.1. The van der Waals surface area contributed by atoms with Gasteiger partial charge in [-0.25, -0.2) is 18.7 Å². The van der Waals surface area contributed by atoms with Crippen molar-refractivity contribution in [3.05, 3.63) is 65.5 Å². The van der Waals surface area contributed by atoms with Crippen LogP contribution in [0.25, 0.3) is 16.8 Å². The Hall–Kier alpha value is -3.62. The highest BCUT2D eigenvalue weighted by Crippen LogP contribution is 2.31. The number of pyridine rings is 1. The average Bonchev–Trinajstić information content (AvgIpc) is 3.43. The SMILES string of the molecule is COc1cc(F)c(-c2cnc(CCc3c(F)ccc4c3CCO4)n3cnnc23)cn1. The van der Waals surface area contributed by atoms with Crippen molar-refractivity contribution in [3.8, 4) is 22.8 Å². The van der Waals surface area contributed by atoms with Gasteiger partial charge in [0.2, 0.25) is 5.88 Å². The van der Waals surface area contributed by atoms with Crippen molar-refractivity contribution in [3.63, 3.8) is 0 Å². The Morgan fingerprint density at radius 2 is 1.97 bits per heavy atom. The highest BCUT2D eigenvalue weighted by atomic mass is 19.1. The van der Waals surface area contributed by atoms with Crippen molar-refractivity contribution < 1.29 is 18.3 Å². The molecule has 0 atom stereocenters. The summed E-state index contributed by atoms with van der Waals surface area (Å²) in [6.45, 7) is 0.565. The van der Waals surface area contributed by atoms with Crippen molar-refractivity contribution in [2.75, 3.05) is 13.7 Å². The fraction of sp³-hybridized carbons (Fsp3) is 0.238. The molecule has 0 saturated carbocycles. The number of aryl methyl sites for hydroxylation is 1. The molecule has 4 heterocycles. The normalized spacial score (nSPS) is 12.8. The molecule has 1 aliphatic rings. The minimum atomic E-state index is -0.497. The molecular weight excluding hydrogens is 392 g/mol. The van der Waals surface area contributed by atoms with E-state index >= 15 is 0 Å². The number of hydrogen-bond donors (Lipinski definition) is 0. The second kappa shape index (κ2) is 7.33. The van der Waals surface area contributed by atoms with E-state index in [0.29, 0.717) is 48.5 Å². The summed E-state index contributed by atoms with van der Waals surface area (Å²) in [5.74, 6) is 0.827. The Balaban J connectivity index is 1.49. The molecule has 0 N–H and O–H groups in total. The summed E-state index contributed by atoms with van der Waals surface area (Å²) in [7, 11) is 1.42. The van der Waals surface area contributed by atoms with Crippen LogP contribution in [-0.4, -0.2) is 38.3 Å². The number of nitrogens with zero attached hydrogens (tertiary/aromatic N) is 5. The molecule has 0 aliphatic carbocycles. The van der Waals surface area contributed by atoms with Gasteiger partial charge in [-0.3, -0.25) is 4.40 Å². The van der Waals surface area contributed by atoms with Crippen LogP contribution < -0.4 is 9.47 Å². The van der Waals surface area contributed by atoms with E-state index in [0.717, 1.165) is 11.3 Å². The molecule has 0 fully saturated rings. The minimum absolute atomic E-state index is 0.180. The van der Waals surface area contributed by atoms with Gasteiger partial charge in [-0.2, -0.15) is 0 Å². The lowest BCUT2D eigenvalue weighted by molar-refractivity contribution is 0.356. The molecule has 3 aromatic heterocycles. The van der Waals surface area contributed by atoms with Gasteiger partial charge in [0.05, 0.1) is 13.7 Å². The molecule has 7 nitrogen and oxygen atoms in total. The van der Waals surface area contributed by atoms with Gasteiger partial charge in [0.25, 0.3) is 0 Å². The summed E-state index contributed by atoms with van der Waals surface area (Å²) in [6, 6.07) is 4.31. The van der Waals surface area contributed by atoms with E-state index in [-0.39, 0.29) is 17.3 Å². The molecule has 4 aromatic rings. The zero-order chi connectivity index (χ0) is 20.7. The molecule has 0 bridgehead atoms. The number of benzene rings is 1. The van der Waals surface area contributed by atoms with Gasteiger partial charge in [0, 0.05) is 48.0 Å². The summed E-state index contributed by atoms with van der Waals surface area (Å²) in [5.41, 5.74) is 2.72. The minimum Gasteiger partial charge on any atom is -0.493 e. The first-order chi connectivity index (χ1) is 14.7.